The fourth-order valence-corrected chi connectivity index (χ4v) is 9.99. The Morgan fingerprint density at radius 1 is 0.305 bits per heavy atom. The third kappa shape index (κ3) is 5.06. The van der Waals surface area contributed by atoms with Gasteiger partial charge in [-0.25, -0.2) is 9.97 Å². The summed E-state index contributed by atoms with van der Waals surface area (Å²) in [5.41, 5.74) is 19.3. The zero-order valence-electron chi connectivity index (χ0n) is 32.2. The van der Waals surface area contributed by atoms with Crippen LogP contribution in [-0.2, 0) is 5.41 Å². The highest BCUT2D eigenvalue weighted by atomic mass is 14.9. The standard InChI is InChI=1S/C57H36N2/c1-3-17-37(18-4-1)39-22-15-24-42(33-39)52-36-53(43-25-16-23-40(34-43)38-19-5-2-6-20-38)59-56(58-52)48-35-41-21-7-8-26-44(41)55-54(48)47-29-11-14-32-51(47)57(55)49-30-12-9-27-45(49)46-28-10-13-31-50(46)57/h1-36H. The number of benzene rings is 9. The molecule has 2 nitrogen and oxygen atoms in total. The molecule has 274 valence electrons. The van der Waals surface area contributed by atoms with Gasteiger partial charge in [-0.2, -0.15) is 0 Å². The van der Waals surface area contributed by atoms with Crippen LogP contribution in [0.3, 0.4) is 0 Å². The minimum absolute atomic E-state index is 0.511. The fourth-order valence-electron chi connectivity index (χ4n) is 9.99. The van der Waals surface area contributed by atoms with E-state index in [4.69, 9.17) is 9.97 Å². The van der Waals surface area contributed by atoms with Crippen LogP contribution in [0.2, 0.25) is 0 Å². The SMILES string of the molecule is c1ccc(-c2cccc(-c3cc(-c4cccc(-c5ccccc5)c4)nc(-c4cc5ccccc5c5c4-c4ccccc4C54c5ccccc5-c5ccccc54)n3)c2)cc1. The van der Waals surface area contributed by atoms with Gasteiger partial charge in [0, 0.05) is 16.7 Å². The van der Waals surface area contributed by atoms with Crippen molar-refractivity contribution in [3.05, 3.63) is 241 Å². The first kappa shape index (κ1) is 33.5. The Morgan fingerprint density at radius 3 is 1.32 bits per heavy atom. The normalized spacial score (nSPS) is 12.9. The number of fused-ring (bicyclic) bond motifs is 12. The molecule has 0 N–H and O–H groups in total. The van der Waals surface area contributed by atoms with Crippen LogP contribution in [0, 0.1) is 0 Å². The zero-order valence-corrected chi connectivity index (χ0v) is 32.2. The summed E-state index contributed by atoms with van der Waals surface area (Å²) in [7, 11) is 0. The molecule has 1 aromatic heterocycles. The van der Waals surface area contributed by atoms with Crippen LogP contribution in [-0.4, -0.2) is 9.97 Å². The molecular formula is C57H36N2. The lowest BCUT2D eigenvalue weighted by molar-refractivity contribution is 0.801. The molecule has 12 rings (SSSR count). The Kier molecular flexibility index (Phi) is 7.48. The lowest BCUT2D eigenvalue weighted by Gasteiger charge is -2.31. The average molecular weight is 749 g/mol. The Morgan fingerprint density at radius 2 is 0.746 bits per heavy atom. The van der Waals surface area contributed by atoms with Crippen molar-refractivity contribution >= 4 is 10.8 Å². The van der Waals surface area contributed by atoms with Crippen molar-refractivity contribution < 1.29 is 0 Å². The van der Waals surface area contributed by atoms with Crippen molar-refractivity contribution in [3.63, 3.8) is 0 Å². The van der Waals surface area contributed by atoms with E-state index in [-0.39, 0.29) is 0 Å². The predicted molar refractivity (Wildman–Crippen MR) is 243 cm³/mol. The summed E-state index contributed by atoms with van der Waals surface area (Å²) in [6.45, 7) is 0. The maximum Gasteiger partial charge on any atom is 0.161 e. The van der Waals surface area contributed by atoms with Gasteiger partial charge in [-0.15, -0.1) is 0 Å². The molecule has 2 aliphatic rings. The number of hydrogen-bond donors (Lipinski definition) is 0. The molecule has 0 amide bonds. The molecule has 59 heavy (non-hydrogen) atoms. The monoisotopic (exact) mass is 748 g/mol. The lowest BCUT2D eigenvalue weighted by atomic mass is 9.69. The molecule has 10 aromatic rings. The van der Waals surface area contributed by atoms with Gasteiger partial charge in [-0.05, 0) is 102 Å². The molecule has 2 heteroatoms. The Bertz CT molecular complexity index is 3130. The molecule has 0 bridgehead atoms. The first-order chi connectivity index (χ1) is 29.3. The van der Waals surface area contributed by atoms with Gasteiger partial charge in [0.1, 0.15) is 0 Å². The first-order valence-corrected chi connectivity index (χ1v) is 20.3. The Hall–Kier alpha value is -7.68. The van der Waals surface area contributed by atoms with Crippen molar-refractivity contribution in [2.75, 3.05) is 0 Å². The van der Waals surface area contributed by atoms with Crippen LogP contribution in [0.25, 0.3) is 89.2 Å². The van der Waals surface area contributed by atoms with Gasteiger partial charge in [-0.1, -0.05) is 194 Å². The van der Waals surface area contributed by atoms with E-state index < -0.39 is 5.41 Å². The second-order valence-electron chi connectivity index (χ2n) is 15.6. The molecule has 0 unspecified atom stereocenters. The maximum absolute atomic E-state index is 5.56. The zero-order chi connectivity index (χ0) is 38.9. The quantitative estimate of drug-likeness (QED) is 0.175. The van der Waals surface area contributed by atoms with E-state index in [0.29, 0.717) is 5.82 Å². The van der Waals surface area contributed by atoms with E-state index in [1.54, 1.807) is 0 Å². The van der Waals surface area contributed by atoms with Crippen molar-refractivity contribution in [2.24, 2.45) is 0 Å². The highest BCUT2D eigenvalue weighted by molar-refractivity contribution is 6.08. The van der Waals surface area contributed by atoms with Gasteiger partial charge < -0.3 is 0 Å². The summed E-state index contributed by atoms with van der Waals surface area (Å²) in [5, 5.41) is 2.42. The van der Waals surface area contributed by atoms with Crippen LogP contribution in [0.5, 0.6) is 0 Å². The minimum atomic E-state index is -0.511. The summed E-state index contributed by atoms with van der Waals surface area (Å²) in [6.07, 6.45) is 0. The van der Waals surface area contributed by atoms with Gasteiger partial charge in [0.15, 0.2) is 5.82 Å². The number of aromatic nitrogens is 2. The summed E-state index contributed by atoms with van der Waals surface area (Å²) in [4.78, 5) is 11.1. The van der Waals surface area contributed by atoms with E-state index in [0.717, 1.165) is 39.2 Å². The third-order valence-electron chi connectivity index (χ3n) is 12.5. The molecule has 0 radical (unpaired) electrons. The molecule has 0 saturated heterocycles. The van der Waals surface area contributed by atoms with E-state index >= 15 is 0 Å². The fraction of sp³-hybridized carbons (Fsp3) is 0.0175. The number of hydrogen-bond acceptors (Lipinski definition) is 2. The van der Waals surface area contributed by atoms with Crippen LogP contribution < -0.4 is 0 Å². The molecule has 1 spiro atoms. The van der Waals surface area contributed by atoms with Crippen molar-refractivity contribution in [1.29, 1.82) is 0 Å². The van der Waals surface area contributed by atoms with Crippen molar-refractivity contribution in [2.45, 2.75) is 5.41 Å². The summed E-state index contributed by atoms with van der Waals surface area (Å²) >= 11 is 0. The number of rotatable bonds is 5. The van der Waals surface area contributed by atoms with Crippen molar-refractivity contribution in [3.8, 4) is 78.4 Å². The van der Waals surface area contributed by atoms with Gasteiger partial charge in [0.2, 0.25) is 0 Å². The molecule has 9 aromatic carbocycles. The highest BCUT2D eigenvalue weighted by Gasteiger charge is 2.53. The Labute approximate surface area is 343 Å². The summed E-state index contributed by atoms with van der Waals surface area (Å²) in [5.74, 6) is 0.709. The smallest absolute Gasteiger partial charge is 0.161 e. The molecule has 0 saturated carbocycles. The van der Waals surface area contributed by atoms with Gasteiger partial charge in [0.25, 0.3) is 0 Å². The Balaban J connectivity index is 1.17. The van der Waals surface area contributed by atoms with Crippen LogP contribution >= 0.6 is 0 Å². The third-order valence-corrected chi connectivity index (χ3v) is 12.5. The molecular weight excluding hydrogens is 713 g/mol. The largest absolute Gasteiger partial charge is 0.228 e. The van der Waals surface area contributed by atoms with Gasteiger partial charge in [0.05, 0.1) is 16.8 Å². The topological polar surface area (TPSA) is 25.8 Å². The maximum atomic E-state index is 5.56. The van der Waals surface area contributed by atoms with Gasteiger partial charge in [-0.3, -0.25) is 0 Å². The van der Waals surface area contributed by atoms with E-state index in [2.05, 4.69) is 218 Å². The predicted octanol–water partition coefficient (Wildman–Crippen LogP) is 14.3. The second-order valence-corrected chi connectivity index (χ2v) is 15.6. The summed E-state index contributed by atoms with van der Waals surface area (Å²) < 4.78 is 0. The second kappa shape index (κ2) is 13.2. The van der Waals surface area contributed by atoms with Crippen LogP contribution in [0.1, 0.15) is 22.3 Å². The average Bonchev–Trinajstić information content (AvgIpc) is 3.80. The molecule has 0 atom stereocenters. The van der Waals surface area contributed by atoms with Crippen LogP contribution in [0.4, 0.5) is 0 Å². The lowest BCUT2D eigenvalue weighted by Crippen LogP contribution is -2.26. The molecule has 0 fully saturated rings. The van der Waals surface area contributed by atoms with E-state index in [1.807, 2.05) is 0 Å². The highest BCUT2D eigenvalue weighted by Crippen LogP contribution is 2.65. The van der Waals surface area contributed by atoms with Crippen LogP contribution in [0.15, 0.2) is 218 Å². The molecule has 1 heterocycles. The number of nitrogens with zero attached hydrogens (tertiary/aromatic N) is 2. The minimum Gasteiger partial charge on any atom is -0.228 e. The van der Waals surface area contributed by atoms with E-state index in [1.165, 1.54) is 66.4 Å². The first-order valence-electron chi connectivity index (χ1n) is 20.3. The molecule has 0 aliphatic heterocycles. The van der Waals surface area contributed by atoms with Crippen molar-refractivity contribution in [1.82, 2.24) is 9.97 Å². The van der Waals surface area contributed by atoms with E-state index in [9.17, 15) is 0 Å². The molecule has 2 aliphatic carbocycles. The van der Waals surface area contributed by atoms with Gasteiger partial charge >= 0.3 is 0 Å². The summed E-state index contributed by atoms with van der Waals surface area (Å²) in [6, 6.07) is 79.1.